The van der Waals surface area contributed by atoms with Gasteiger partial charge in [-0.15, -0.1) is 0 Å². The fourth-order valence-corrected chi connectivity index (χ4v) is 9.31. The van der Waals surface area contributed by atoms with Crippen molar-refractivity contribution in [3.63, 3.8) is 0 Å². The molecule has 57 heavy (non-hydrogen) atoms. The largest absolute Gasteiger partial charge is 0.454 e. The summed E-state index contributed by atoms with van der Waals surface area (Å²) in [5.74, 6) is 0. The normalized spacial score (nSPS) is 11.9. The molecule has 0 aliphatic rings. The summed E-state index contributed by atoms with van der Waals surface area (Å²) in [5, 5.41) is 7.16. The Bertz CT molecular complexity index is 3500. The molecule has 0 saturated heterocycles. The van der Waals surface area contributed by atoms with Crippen molar-refractivity contribution in [2.75, 3.05) is 0 Å². The van der Waals surface area contributed by atoms with E-state index in [-0.39, 0.29) is 0 Å². The van der Waals surface area contributed by atoms with Gasteiger partial charge in [0.05, 0.1) is 27.8 Å². The zero-order valence-corrected chi connectivity index (χ0v) is 30.9. The Balaban J connectivity index is 1.14. The van der Waals surface area contributed by atoms with Gasteiger partial charge in [-0.2, -0.15) is 0 Å². The Hall–Kier alpha value is -7.62. The predicted molar refractivity (Wildman–Crippen MR) is 239 cm³/mol. The van der Waals surface area contributed by atoms with Crippen LogP contribution >= 0.6 is 0 Å². The first-order valence-electron chi connectivity index (χ1n) is 19.5. The Kier molecular flexibility index (Phi) is 6.93. The highest BCUT2D eigenvalue weighted by Gasteiger charge is 2.23. The van der Waals surface area contributed by atoms with Crippen molar-refractivity contribution in [3.05, 3.63) is 206 Å². The van der Waals surface area contributed by atoms with Crippen LogP contribution in [-0.2, 0) is 0 Å². The number of nitrogens with zero attached hydrogens (tertiary/aromatic N) is 2. The van der Waals surface area contributed by atoms with Crippen LogP contribution in [0.1, 0.15) is 0 Å². The van der Waals surface area contributed by atoms with Crippen LogP contribution < -0.4 is 0 Å². The Morgan fingerprint density at radius 1 is 0.316 bits per heavy atom. The molecule has 3 heterocycles. The average molecular weight is 727 g/mol. The van der Waals surface area contributed by atoms with Crippen LogP contribution in [-0.4, -0.2) is 9.13 Å². The van der Waals surface area contributed by atoms with Gasteiger partial charge in [-0.25, -0.2) is 0 Å². The van der Waals surface area contributed by atoms with Gasteiger partial charge in [-0.1, -0.05) is 152 Å². The maximum absolute atomic E-state index is 6.81. The van der Waals surface area contributed by atoms with Gasteiger partial charge in [0.2, 0.25) is 0 Å². The van der Waals surface area contributed by atoms with Crippen LogP contribution in [0.25, 0.3) is 110 Å². The molecule has 0 atom stereocenters. The smallest absolute Gasteiger partial charge is 0.160 e. The highest BCUT2D eigenvalue weighted by Crippen LogP contribution is 2.46. The van der Waals surface area contributed by atoms with E-state index in [4.69, 9.17) is 4.42 Å². The first-order valence-corrected chi connectivity index (χ1v) is 19.5. The van der Waals surface area contributed by atoms with Crippen LogP contribution in [0.4, 0.5) is 0 Å². The van der Waals surface area contributed by atoms with E-state index in [0.29, 0.717) is 0 Å². The highest BCUT2D eigenvalue weighted by molar-refractivity contribution is 6.22. The zero-order valence-electron chi connectivity index (χ0n) is 30.9. The molecule has 0 bridgehead atoms. The van der Waals surface area contributed by atoms with E-state index in [0.717, 1.165) is 44.3 Å². The molecule has 0 amide bonds. The lowest BCUT2D eigenvalue weighted by Gasteiger charge is -2.12. The van der Waals surface area contributed by atoms with E-state index in [1.54, 1.807) is 0 Å². The molecule has 0 aliphatic carbocycles. The maximum atomic E-state index is 6.81. The number of fused-ring (bicyclic) bond motifs is 9. The van der Waals surface area contributed by atoms with Crippen molar-refractivity contribution in [2.24, 2.45) is 0 Å². The number of benzene rings is 9. The summed E-state index contributed by atoms with van der Waals surface area (Å²) in [4.78, 5) is 0. The van der Waals surface area contributed by atoms with E-state index in [9.17, 15) is 0 Å². The van der Waals surface area contributed by atoms with Crippen LogP contribution in [0.3, 0.4) is 0 Å². The number of furan rings is 1. The minimum atomic E-state index is 0.885. The molecule has 3 aromatic heterocycles. The molecule has 266 valence electrons. The lowest BCUT2D eigenvalue weighted by molar-refractivity contribution is 0.666. The number of hydrogen-bond donors (Lipinski definition) is 0. The average Bonchev–Trinajstić information content (AvgIpc) is 3.95. The van der Waals surface area contributed by atoms with Gasteiger partial charge in [0.1, 0.15) is 5.58 Å². The van der Waals surface area contributed by atoms with E-state index >= 15 is 0 Å². The number of hydrogen-bond acceptors (Lipinski definition) is 1. The number of aromatic nitrogens is 2. The first-order chi connectivity index (χ1) is 28.3. The molecule has 0 aliphatic heterocycles. The van der Waals surface area contributed by atoms with Crippen molar-refractivity contribution in [1.29, 1.82) is 0 Å². The van der Waals surface area contributed by atoms with Crippen LogP contribution in [0.5, 0.6) is 0 Å². The van der Waals surface area contributed by atoms with Gasteiger partial charge < -0.3 is 13.6 Å². The fraction of sp³-hybridized carbons (Fsp3) is 0. The van der Waals surface area contributed by atoms with Crippen molar-refractivity contribution >= 4 is 65.6 Å². The molecule has 0 saturated carbocycles. The van der Waals surface area contributed by atoms with Gasteiger partial charge in [0, 0.05) is 38.0 Å². The Labute approximate surface area is 328 Å². The topological polar surface area (TPSA) is 23.0 Å². The summed E-state index contributed by atoms with van der Waals surface area (Å²) in [5.41, 5.74) is 15.8. The second-order valence-electron chi connectivity index (χ2n) is 14.8. The molecular formula is C54H34N2O. The molecular weight excluding hydrogens is 693 g/mol. The molecule has 9 aromatic carbocycles. The van der Waals surface area contributed by atoms with E-state index < -0.39 is 0 Å². The second kappa shape index (κ2) is 12.5. The van der Waals surface area contributed by atoms with Gasteiger partial charge in [-0.05, 0) is 88.0 Å². The quantitative estimate of drug-likeness (QED) is 0.173. The van der Waals surface area contributed by atoms with Crippen molar-refractivity contribution in [2.45, 2.75) is 0 Å². The third kappa shape index (κ3) is 4.73. The molecule has 0 fully saturated rings. The Morgan fingerprint density at radius 3 is 1.56 bits per heavy atom. The predicted octanol–water partition coefficient (Wildman–Crippen LogP) is 14.8. The van der Waals surface area contributed by atoms with Crippen molar-refractivity contribution in [1.82, 2.24) is 9.13 Å². The van der Waals surface area contributed by atoms with Crippen LogP contribution in [0, 0.1) is 0 Å². The van der Waals surface area contributed by atoms with E-state index in [1.807, 2.05) is 0 Å². The molecule has 0 N–H and O–H groups in total. The van der Waals surface area contributed by atoms with Gasteiger partial charge >= 0.3 is 0 Å². The Morgan fingerprint density at radius 2 is 0.860 bits per heavy atom. The first kappa shape index (κ1) is 31.7. The van der Waals surface area contributed by atoms with Crippen molar-refractivity contribution in [3.8, 4) is 44.8 Å². The molecule has 12 rings (SSSR count). The molecule has 3 nitrogen and oxygen atoms in total. The third-order valence-electron chi connectivity index (χ3n) is 11.7. The lowest BCUT2D eigenvalue weighted by Crippen LogP contribution is -1.95. The highest BCUT2D eigenvalue weighted by atomic mass is 16.3. The summed E-state index contributed by atoms with van der Waals surface area (Å²) in [7, 11) is 0. The maximum Gasteiger partial charge on any atom is 0.160 e. The van der Waals surface area contributed by atoms with Crippen molar-refractivity contribution < 1.29 is 4.42 Å². The third-order valence-corrected chi connectivity index (χ3v) is 11.7. The zero-order chi connectivity index (χ0) is 37.5. The van der Waals surface area contributed by atoms with Gasteiger partial charge in [0.15, 0.2) is 5.58 Å². The molecule has 0 radical (unpaired) electrons. The molecule has 12 aromatic rings. The summed E-state index contributed by atoms with van der Waals surface area (Å²) < 4.78 is 11.6. The number of rotatable bonds is 5. The van der Waals surface area contributed by atoms with Crippen LogP contribution in [0.2, 0.25) is 0 Å². The number of para-hydroxylation sites is 3. The van der Waals surface area contributed by atoms with Gasteiger partial charge in [-0.3, -0.25) is 0 Å². The summed E-state index contributed by atoms with van der Waals surface area (Å²) in [6.45, 7) is 0. The van der Waals surface area contributed by atoms with E-state index in [2.05, 4.69) is 215 Å². The minimum Gasteiger partial charge on any atom is -0.454 e. The molecule has 3 heteroatoms. The monoisotopic (exact) mass is 726 g/mol. The minimum absolute atomic E-state index is 0.885. The summed E-state index contributed by atoms with van der Waals surface area (Å²) in [6.07, 6.45) is 0. The standard InChI is InChI=1S/C54H34N2O/c1-4-16-35(17-5-1)39-24-14-27-47-52(39)53-40(25-15-28-48(53)55(47)38-20-8-3-9-21-38)37-30-32-46-44(34-37)42-22-10-12-26-45(42)56(46)49-33-31-41(36-18-6-2-7-19-36)51-43-23-11-13-29-50(43)57-54(49)51/h1-34H. The van der Waals surface area contributed by atoms with Crippen LogP contribution in [0.15, 0.2) is 211 Å². The summed E-state index contributed by atoms with van der Waals surface area (Å²) >= 11 is 0. The fourth-order valence-electron chi connectivity index (χ4n) is 9.31. The van der Waals surface area contributed by atoms with E-state index in [1.165, 1.54) is 66.0 Å². The molecule has 0 spiro atoms. The summed E-state index contributed by atoms with van der Waals surface area (Å²) in [6, 6.07) is 74.3. The van der Waals surface area contributed by atoms with Gasteiger partial charge in [0.25, 0.3) is 0 Å². The second-order valence-corrected chi connectivity index (χ2v) is 14.8. The molecule has 0 unspecified atom stereocenters. The lowest BCUT2D eigenvalue weighted by atomic mass is 9.94. The SMILES string of the molecule is c1ccc(-c2ccc(-n3c4ccccc4c4cc(-c5cccc6c5c5c(-c7ccccc7)cccc5n6-c5ccccc5)ccc43)c3oc4ccccc4c23)cc1.